The van der Waals surface area contributed by atoms with E-state index in [9.17, 15) is 10.1 Å². The number of hydrogen-bond acceptors (Lipinski definition) is 4. The van der Waals surface area contributed by atoms with Crippen LogP contribution in [0.2, 0.25) is 0 Å². The fraction of sp³-hybridized carbons (Fsp3) is 0.600. The normalized spacial score (nSPS) is 12.7. The van der Waals surface area contributed by atoms with E-state index in [1.54, 1.807) is 12.1 Å². The van der Waals surface area contributed by atoms with E-state index in [0.717, 1.165) is 30.8 Å². The number of nitro benzene ring substituents is 1. The molecule has 5 nitrogen and oxygen atoms in total. The van der Waals surface area contributed by atoms with Gasteiger partial charge in [0, 0.05) is 30.8 Å². The van der Waals surface area contributed by atoms with E-state index in [1.807, 2.05) is 13.0 Å². The van der Waals surface area contributed by atoms with Crippen LogP contribution in [0.3, 0.4) is 0 Å². The largest absolute Gasteiger partial charge is 0.309 e. The summed E-state index contributed by atoms with van der Waals surface area (Å²) in [5.74, 6) is 0. The van der Waals surface area contributed by atoms with Crippen LogP contribution < -0.4 is 5.32 Å². The van der Waals surface area contributed by atoms with Gasteiger partial charge in [-0.15, -0.1) is 0 Å². The summed E-state index contributed by atoms with van der Waals surface area (Å²) in [6.45, 7) is 12.0. The van der Waals surface area contributed by atoms with Crippen molar-refractivity contribution in [1.29, 1.82) is 0 Å². The van der Waals surface area contributed by atoms with E-state index in [0.29, 0.717) is 12.6 Å². The number of likely N-dealkylation sites (N-methyl/N-ethyl adjacent to an activating group) is 1. The second-order valence-corrected chi connectivity index (χ2v) is 5.09. The van der Waals surface area contributed by atoms with Gasteiger partial charge in [-0.25, -0.2) is 0 Å². The number of nitrogens with one attached hydrogen (secondary N) is 1. The molecule has 0 amide bonds. The third-order valence-electron chi connectivity index (χ3n) is 3.68. The predicted octanol–water partition coefficient (Wildman–Crippen LogP) is 2.72. The van der Waals surface area contributed by atoms with Gasteiger partial charge in [-0.3, -0.25) is 10.1 Å². The van der Waals surface area contributed by atoms with E-state index >= 15 is 0 Å². The maximum atomic E-state index is 10.9. The third-order valence-corrected chi connectivity index (χ3v) is 3.68. The van der Waals surface area contributed by atoms with Crippen LogP contribution in [-0.2, 0) is 6.54 Å². The zero-order valence-corrected chi connectivity index (χ0v) is 12.8. The first kappa shape index (κ1) is 16.6. The highest BCUT2D eigenvalue weighted by Gasteiger charge is 2.13. The lowest BCUT2D eigenvalue weighted by Crippen LogP contribution is -2.38. The molecule has 112 valence electrons. The molecule has 5 heteroatoms. The van der Waals surface area contributed by atoms with Gasteiger partial charge in [-0.05, 0) is 32.5 Å². The highest BCUT2D eigenvalue weighted by atomic mass is 16.6. The number of nitro groups is 1. The highest BCUT2D eigenvalue weighted by molar-refractivity contribution is 5.44. The second-order valence-electron chi connectivity index (χ2n) is 5.09. The van der Waals surface area contributed by atoms with Gasteiger partial charge in [0.2, 0.25) is 0 Å². The van der Waals surface area contributed by atoms with Crippen LogP contribution in [0.4, 0.5) is 5.69 Å². The molecule has 0 aromatic heterocycles. The molecule has 0 radical (unpaired) electrons. The Morgan fingerprint density at radius 1 is 1.35 bits per heavy atom. The average molecular weight is 279 g/mol. The van der Waals surface area contributed by atoms with Crippen LogP contribution in [0.25, 0.3) is 0 Å². The summed E-state index contributed by atoms with van der Waals surface area (Å²) in [4.78, 5) is 13.0. The van der Waals surface area contributed by atoms with Gasteiger partial charge in [-0.1, -0.05) is 26.0 Å². The molecule has 1 aromatic carbocycles. The molecule has 0 saturated heterocycles. The quantitative estimate of drug-likeness (QED) is 0.587. The molecule has 1 N–H and O–H groups in total. The fourth-order valence-electron chi connectivity index (χ4n) is 2.28. The molecular formula is C15H25N3O2. The van der Waals surface area contributed by atoms with Crippen molar-refractivity contribution in [3.63, 3.8) is 0 Å². The van der Waals surface area contributed by atoms with E-state index in [2.05, 4.69) is 31.0 Å². The topological polar surface area (TPSA) is 58.4 Å². The van der Waals surface area contributed by atoms with Gasteiger partial charge in [0.1, 0.15) is 0 Å². The Morgan fingerprint density at radius 3 is 2.55 bits per heavy atom. The van der Waals surface area contributed by atoms with Gasteiger partial charge in [0.25, 0.3) is 5.69 Å². The Hall–Kier alpha value is -1.46. The van der Waals surface area contributed by atoms with Gasteiger partial charge in [0.05, 0.1) is 4.92 Å². The zero-order chi connectivity index (χ0) is 15.1. The highest BCUT2D eigenvalue weighted by Crippen LogP contribution is 2.20. The van der Waals surface area contributed by atoms with Gasteiger partial charge in [0.15, 0.2) is 0 Å². The molecule has 1 atom stereocenters. The Balaban J connectivity index is 2.62. The molecule has 0 spiro atoms. The standard InChI is InChI=1S/C15H25N3O2/c1-5-17(6-2)11-12(3)16-10-14-8-7-9-15(13(14)4)18(19)20/h7-9,12,16H,5-6,10-11H2,1-4H3. The van der Waals surface area contributed by atoms with E-state index < -0.39 is 0 Å². The molecule has 0 bridgehead atoms. The number of nitrogens with zero attached hydrogens (tertiary/aromatic N) is 2. The van der Waals surface area contributed by atoms with Gasteiger partial charge < -0.3 is 10.2 Å². The first-order valence-corrected chi connectivity index (χ1v) is 7.18. The van der Waals surface area contributed by atoms with Crippen LogP contribution in [0.5, 0.6) is 0 Å². The Labute approximate surface area is 121 Å². The van der Waals surface area contributed by atoms with Crippen LogP contribution in [0.15, 0.2) is 18.2 Å². The van der Waals surface area contributed by atoms with E-state index in [-0.39, 0.29) is 10.6 Å². The lowest BCUT2D eigenvalue weighted by Gasteiger charge is -2.23. The van der Waals surface area contributed by atoms with Crippen molar-refractivity contribution in [2.75, 3.05) is 19.6 Å². The predicted molar refractivity (Wildman–Crippen MR) is 81.9 cm³/mol. The Kier molecular flexibility index (Phi) is 6.61. The molecule has 0 aliphatic heterocycles. The monoisotopic (exact) mass is 279 g/mol. The van der Waals surface area contributed by atoms with Crippen molar-refractivity contribution in [2.24, 2.45) is 0 Å². The molecule has 0 heterocycles. The van der Waals surface area contributed by atoms with Gasteiger partial charge >= 0.3 is 0 Å². The van der Waals surface area contributed by atoms with Crippen LogP contribution >= 0.6 is 0 Å². The summed E-state index contributed by atoms with van der Waals surface area (Å²) in [5, 5.41) is 14.4. The molecule has 0 fully saturated rings. The van der Waals surface area contributed by atoms with E-state index in [4.69, 9.17) is 0 Å². The average Bonchev–Trinajstić information content (AvgIpc) is 2.43. The molecule has 1 aromatic rings. The number of rotatable bonds is 8. The second kappa shape index (κ2) is 7.97. The SMILES string of the molecule is CCN(CC)CC(C)NCc1cccc([N+](=O)[O-])c1C. The summed E-state index contributed by atoms with van der Waals surface area (Å²) in [6.07, 6.45) is 0. The summed E-state index contributed by atoms with van der Waals surface area (Å²) < 4.78 is 0. The third kappa shape index (κ3) is 4.58. The summed E-state index contributed by atoms with van der Waals surface area (Å²) in [6, 6.07) is 5.60. The minimum Gasteiger partial charge on any atom is -0.309 e. The minimum atomic E-state index is -0.321. The Bertz CT molecular complexity index is 445. The van der Waals surface area contributed by atoms with Crippen LogP contribution in [0.1, 0.15) is 31.9 Å². The molecule has 20 heavy (non-hydrogen) atoms. The molecular weight excluding hydrogens is 254 g/mol. The first-order valence-electron chi connectivity index (χ1n) is 7.18. The molecule has 0 saturated carbocycles. The lowest BCUT2D eigenvalue weighted by atomic mass is 10.1. The molecule has 0 aliphatic rings. The van der Waals surface area contributed by atoms with E-state index in [1.165, 1.54) is 0 Å². The minimum absolute atomic E-state index is 0.195. The van der Waals surface area contributed by atoms with Crippen molar-refractivity contribution >= 4 is 5.69 Å². The van der Waals surface area contributed by atoms with Crippen LogP contribution in [0, 0.1) is 17.0 Å². The molecule has 0 aliphatic carbocycles. The lowest BCUT2D eigenvalue weighted by molar-refractivity contribution is -0.385. The first-order chi connectivity index (χ1) is 9.49. The number of benzene rings is 1. The van der Waals surface area contributed by atoms with Crippen LogP contribution in [-0.4, -0.2) is 35.5 Å². The smallest absolute Gasteiger partial charge is 0.272 e. The molecule has 1 unspecified atom stereocenters. The molecule has 1 rings (SSSR count). The van der Waals surface area contributed by atoms with Crippen molar-refractivity contribution in [1.82, 2.24) is 10.2 Å². The van der Waals surface area contributed by atoms with Gasteiger partial charge in [-0.2, -0.15) is 0 Å². The summed E-state index contributed by atoms with van der Waals surface area (Å²) in [7, 11) is 0. The maximum absolute atomic E-state index is 10.9. The fourth-order valence-corrected chi connectivity index (χ4v) is 2.28. The summed E-state index contributed by atoms with van der Waals surface area (Å²) >= 11 is 0. The van der Waals surface area contributed by atoms with Crippen molar-refractivity contribution in [3.05, 3.63) is 39.4 Å². The summed E-state index contributed by atoms with van der Waals surface area (Å²) in [5.41, 5.74) is 1.94. The maximum Gasteiger partial charge on any atom is 0.272 e. The zero-order valence-electron chi connectivity index (χ0n) is 12.8. The van der Waals surface area contributed by atoms with Crippen molar-refractivity contribution < 1.29 is 4.92 Å². The van der Waals surface area contributed by atoms with Crippen molar-refractivity contribution in [2.45, 2.75) is 40.3 Å². The van der Waals surface area contributed by atoms with Crippen molar-refractivity contribution in [3.8, 4) is 0 Å². The number of hydrogen-bond donors (Lipinski definition) is 1. The Morgan fingerprint density at radius 2 is 2.00 bits per heavy atom.